The zero-order valence-electron chi connectivity index (χ0n) is 26.3. The molecular weight excluding hydrogens is 616 g/mol. The van der Waals surface area contributed by atoms with Gasteiger partial charge in [0.1, 0.15) is 17.3 Å². The van der Waals surface area contributed by atoms with E-state index in [0.29, 0.717) is 54.4 Å². The number of amides is 1. The fourth-order valence-electron chi connectivity index (χ4n) is 4.96. The van der Waals surface area contributed by atoms with Crippen molar-refractivity contribution >= 4 is 46.2 Å². The van der Waals surface area contributed by atoms with Crippen LogP contribution in [0, 0.1) is 5.41 Å². The van der Waals surface area contributed by atoms with Gasteiger partial charge < -0.3 is 29.7 Å². The van der Waals surface area contributed by atoms with Crippen molar-refractivity contribution < 1.29 is 29.0 Å². The van der Waals surface area contributed by atoms with Gasteiger partial charge in [-0.15, -0.1) is 17.0 Å². The number of ether oxygens (including phenoxy) is 2. The zero-order chi connectivity index (χ0) is 31.2. The Hall–Kier alpha value is -3.60. The number of benzene rings is 2. The number of aliphatic carboxylic acids is 1. The van der Waals surface area contributed by atoms with E-state index in [1.807, 2.05) is 38.1 Å². The van der Waals surface area contributed by atoms with E-state index in [-0.39, 0.29) is 52.9 Å². The lowest BCUT2D eigenvalue weighted by Crippen LogP contribution is -2.30. The van der Waals surface area contributed by atoms with Crippen LogP contribution in [0.3, 0.4) is 0 Å². The highest BCUT2D eigenvalue weighted by atomic mass is 79.9. The molecule has 0 aliphatic carbocycles. The van der Waals surface area contributed by atoms with Crippen molar-refractivity contribution in [2.24, 2.45) is 0 Å². The number of carboxylic acids is 1. The first kappa shape index (κ1) is 35.6. The maximum atomic E-state index is 13.7. The molecule has 10 nitrogen and oxygen atoms in total. The van der Waals surface area contributed by atoms with E-state index in [0.717, 1.165) is 29.7 Å². The third-order valence-corrected chi connectivity index (χ3v) is 7.21. The maximum absolute atomic E-state index is 13.7. The van der Waals surface area contributed by atoms with Crippen molar-refractivity contribution in [1.29, 1.82) is 5.41 Å². The lowest BCUT2D eigenvalue weighted by atomic mass is 9.84. The van der Waals surface area contributed by atoms with E-state index in [1.54, 1.807) is 24.1 Å². The predicted molar refractivity (Wildman–Crippen MR) is 174 cm³/mol. The third kappa shape index (κ3) is 8.72. The van der Waals surface area contributed by atoms with Crippen molar-refractivity contribution in [3.8, 4) is 11.5 Å². The van der Waals surface area contributed by atoms with Gasteiger partial charge in [-0.05, 0) is 61.4 Å². The Labute approximate surface area is 265 Å². The van der Waals surface area contributed by atoms with Crippen molar-refractivity contribution in [1.82, 2.24) is 10.2 Å². The number of fused-ring (bicyclic) bond motifs is 1. The summed E-state index contributed by atoms with van der Waals surface area (Å²) in [5, 5.41) is 20.3. The van der Waals surface area contributed by atoms with Crippen LogP contribution in [-0.2, 0) is 16.8 Å². The Morgan fingerprint density at radius 3 is 2.35 bits per heavy atom. The van der Waals surface area contributed by atoms with Gasteiger partial charge >= 0.3 is 5.97 Å². The molecule has 0 fully saturated rings. The Bertz CT molecular complexity index is 1350. The van der Waals surface area contributed by atoms with Crippen LogP contribution in [0.1, 0.15) is 90.8 Å². The fourth-order valence-corrected chi connectivity index (χ4v) is 4.96. The quantitative estimate of drug-likeness (QED) is 0.180. The number of unbranched alkanes of at least 4 members (excludes halogenated alkanes) is 2. The average Bonchev–Trinajstić information content (AvgIpc) is 3.22. The Kier molecular flexibility index (Phi) is 12.6. The van der Waals surface area contributed by atoms with E-state index in [1.165, 1.54) is 0 Å². The molecule has 0 unspecified atom stereocenters. The molecule has 0 saturated heterocycles. The summed E-state index contributed by atoms with van der Waals surface area (Å²) < 4.78 is 12.0. The van der Waals surface area contributed by atoms with Crippen LogP contribution >= 0.6 is 17.0 Å². The lowest BCUT2D eigenvalue weighted by molar-refractivity contribution is -0.137. The number of anilines is 1. The van der Waals surface area contributed by atoms with Crippen LogP contribution in [0.15, 0.2) is 24.3 Å². The average molecular weight is 662 g/mol. The Morgan fingerprint density at radius 1 is 1.07 bits per heavy atom. The SMILES string of the molecule is Br.CCOc1cc2c(cc1C(=O)NC)C(=N)N(CC(=O)c1cc(N(C)C)c(OCCCCCC(=O)O)c(C(C)(C)C)c1)C2. The maximum Gasteiger partial charge on any atom is 0.303 e. The largest absolute Gasteiger partial charge is 0.493 e. The number of Topliss-reactive ketones (excluding diaryl/α,β-unsaturated/α-hetero) is 1. The molecule has 11 heteroatoms. The summed E-state index contributed by atoms with van der Waals surface area (Å²) in [5.74, 6) is 0.152. The van der Waals surface area contributed by atoms with Crippen LogP contribution in [0.5, 0.6) is 11.5 Å². The number of ketones is 1. The van der Waals surface area contributed by atoms with Gasteiger partial charge in [-0.25, -0.2) is 0 Å². The highest BCUT2D eigenvalue weighted by Crippen LogP contribution is 2.40. The van der Waals surface area contributed by atoms with Crippen molar-refractivity contribution in [2.45, 2.75) is 65.3 Å². The molecule has 0 aromatic heterocycles. The van der Waals surface area contributed by atoms with Gasteiger partial charge in [0.15, 0.2) is 5.78 Å². The molecule has 3 N–H and O–H groups in total. The number of carbonyl (C=O) groups is 3. The molecule has 0 bridgehead atoms. The summed E-state index contributed by atoms with van der Waals surface area (Å²) in [5.41, 5.74) is 3.71. The summed E-state index contributed by atoms with van der Waals surface area (Å²) in [7, 11) is 5.36. The molecule has 1 aliphatic heterocycles. The molecule has 2 aromatic rings. The second-order valence-corrected chi connectivity index (χ2v) is 11.7. The zero-order valence-corrected chi connectivity index (χ0v) is 28.0. The van der Waals surface area contributed by atoms with Gasteiger partial charge in [0, 0.05) is 50.8 Å². The standard InChI is InChI=1S/C32H44N4O6.BrH/c1-8-41-27-16-21-18-36(30(33)22(21)17-23(27)31(40)34-5)19-26(37)20-14-24(32(2,3)4)29(25(15-20)35(6)7)42-13-11-9-10-12-28(38)39;/h14-17,33H,8-13,18-19H2,1-7H3,(H,34,40)(H,38,39);1H. The van der Waals surface area contributed by atoms with Gasteiger partial charge in [0.2, 0.25) is 0 Å². The van der Waals surface area contributed by atoms with Crippen LogP contribution in [0.4, 0.5) is 5.69 Å². The molecular formula is C32H45BrN4O6. The lowest BCUT2D eigenvalue weighted by Gasteiger charge is -2.28. The van der Waals surface area contributed by atoms with E-state index >= 15 is 0 Å². The van der Waals surface area contributed by atoms with Gasteiger partial charge in [0.05, 0.1) is 31.0 Å². The number of rotatable bonds is 14. The number of halogens is 1. The minimum atomic E-state index is -0.794. The Morgan fingerprint density at radius 2 is 1.77 bits per heavy atom. The normalized spacial score (nSPS) is 12.3. The summed E-state index contributed by atoms with van der Waals surface area (Å²) in [6.45, 7) is 9.28. The monoisotopic (exact) mass is 660 g/mol. The predicted octanol–water partition coefficient (Wildman–Crippen LogP) is 5.43. The van der Waals surface area contributed by atoms with Crippen LogP contribution in [-0.4, -0.2) is 74.4 Å². The molecule has 2 aromatic carbocycles. The Balaban J connectivity index is 0.00000645. The van der Waals surface area contributed by atoms with E-state index in [2.05, 4.69) is 26.1 Å². The van der Waals surface area contributed by atoms with Gasteiger partial charge in [-0.2, -0.15) is 0 Å². The third-order valence-electron chi connectivity index (χ3n) is 7.21. The minimum absolute atomic E-state index is 0. The summed E-state index contributed by atoms with van der Waals surface area (Å²) in [6, 6.07) is 7.18. The van der Waals surface area contributed by atoms with E-state index < -0.39 is 5.97 Å². The van der Waals surface area contributed by atoms with E-state index in [9.17, 15) is 14.4 Å². The van der Waals surface area contributed by atoms with E-state index in [4.69, 9.17) is 20.0 Å². The number of hydrogen-bond donors (Lipinski definition) is 3. The number of hydrogen-bond acceptors (Lipinski definition) is 7. The number of carbonyl (C=O) groups excluding carboxylic acids is 2. The van der Waals surface area contributed by atoms with Crippen LogP contribution in [0.2, 0.25) is 0 Å². The first-order valence-electron chi connectivity index (χ1n) is 14.4. The molecule has 1 aliphatic rings. The molecule has 1 amide bonds. The smallest absolute Gasteiger partial charge is 0.303 e. The molecule has 236 valence electrons. The number of carboxylic acid groups (broad SMARTS) is 1. The molecule has 0 radical (unpaired) electrons. The highest BCUT2D eigenvalue weighted by Gasteiger charge is 2.31. The van der Waals surface area contributed by atoms with Crippen LogP contribution in [0.25, 0.3) is 0 Å². The van der Waals surface area contributed by atoms with Crippen molar-refractivity contribution in [2.75, 3.05) is 45.8 Å². The van der Waals surface area contributed by atoms with Crippen LogP contribution < -0.4 is 19.7 Å². The van der Waals surface area contributed by atoms with Gasteiger partial charge in [0.25, 0.3) is 5.91 Å². The van der Waals surface area contributed by atoms with Crippen molar-refractivity contribution in [3.63, 3.8) is 0 Å². The molecule has 0 atom stereocenters. The molecule has 0 saturated carbocycles. The second-order valence-electron chi connectivity index (χ2n) is 11.7. The minimum Gasteiger partial charge on any atom is -0.493 e. The molecule has 3 rings (SSSR count). The molecule has 0 spiro atoms. The van der Waals surface area contributed by atoms with Crippen molar-refractivity contribution in [3.05, 3.63) is 52.1 Å². The highest BCUT2D eigenvalue weighted by molar-refractivity contribution is 8.93. The van der Waals surface area contributed by atoms with Gasteiger partial charge in [-0.3, -0.25) is 19.8 Å². The topological polar surface area (TPSA) is 132 Å². The molecule has 43 heavy (non-hydrogen) atoms. The molecule has 1 heterocycles. The number of amidine groups is 1. The van der Waals surface area contributed by atoms with Gasteiger partial charge in [-0.1, -0.05) is 20.8 Å². The summed E-state index contributed by atoms with van der Waals surface area (Å²) >= 11 is 0. The summed E-state index contributed by atoms with van der Waals surface area (Å²) in [4.78, 5) is 40.6. The first-order chi connectivity index (χ1) is 19.8. The number of nitrogens with one attached hydrogen (secondary N) is 2. The second kappa shape index (κ2) is 15.2. The summed E-state index contributed by atoms with van der Waals surface area (Å²) in [6.07, 6.45) is 2.24. The first-order valence-corrected chi connectivity index (χ1v) is 14.4. The number of nitrogens with zero attached hydrogens (tertiary/aromatic N) is 2. The fraction of sp³-hybridized carbons (Fsp3) is 0.500.